The maximum atomic E-state index is 12.8. The van der Waals surface area contributed by atoms with Crippen molar-refractivity contribution >= 4 is 50.0 Å². The number of fused-ring (bicyclic) bond motifs is 1. The number of carbonyl (C=O) groups is 1. The maximum Gasteiger partial charge on any atom is 0.331 e. The van der Waals surface area contributed by atoms with Gasteiger partial charge in [0.25, 0.3) is 5.56 Å². The van der Waals surface area contributed by atoms with Gasteiger partial charge in [-0.3, -0.25) is 18.7 Å². The van der Waals surface area contributed by atoms with Crippen molar-refractivity contribution in [1.29, 1.82) is 0 Å². The van der Waals surface area contributed by atoms with Gasteiger partial charge in [0.05, 0.1) is 27.7 Å². The lowest BCUT2D eigenvalue weighted by Crippen LogP contribution is -2.41. The Labute approximate surface area is 180 Å². The predicted octanol–water partition coefficient (Wildman–Crippen LogP) is 3.64. The lowest BCUT2D eigenvalue weighted by molar-refractivity contribution is -0.116. The number of nitrogens with one attached hydrogen (secondary N) is 1. The molecule has 0 aliphatic heterocycles. The molecule has 7 nitrogen and oxygen atoms in total. The molecule has 1 N–H and O–H groups in total. The molecule has 1 amide bonds. The first kappa shape index (κ1) is 21.1. The van der Waals surface area contributed by atoms with E-state index in [2.05, 4.69) is 21.2 Å². The first-order chi connectivity index (χ1) is 13.9. The summed E-state index contributed by atoms with van der Waals surface area (Å²) in [4.78, 5) is 38.1. The fourth-order valence-electron chi connectivity index (χ4n) is 3.08. The molecule has 3 rings (SSSR count). The molecule has 152 valence electrons. The molecule has 0 aliphatic carbocycles. The second-order valence-corrected chi connectivity index (χ2v) is 7.47. The summed E-state index contributed by atoms with van der Waals surface area (Å²) < 4.78 is 8.58. The number of para-hydroxylation sites is 1. The largest absolute Gasteiger partial charge is 0.491 e. The highest BCUT2D eigenvalue weighted by Gasteiger charge is 2.17. The van der Waals surface area contributed by atoms with E-state index in [1.807, 2.05) is 6.92 Å². The van der Waals surface area contributed by atoms with Crippen LogP contribution in [-0.4, -0.2) is 21.6 Å². The monoisotopic (exact) mass is 479 g/mol. The number of benzene rings is 2. The molecule has 0 aliphatic rings. The summed E-state index contributed by atoms with van der Waals surface area (Å²) in [7, 11) is 0. The van der Waals surface area contributed by atoms with Crippen LogP contribution in [0.25, 0.3) is 10.9 Å². The van der Waals surface area contributed by atoms with Crippen molar-refractivity contribution in [2.75, 3.05) is 11.9 Å². The fourth-order valence-corrected chi connectivity index (χ4v) is 4.00. The number of nitrogens with zero attached hydrogens (tertiary/aromatic N) is 2. The summed E-state index contributed by atoms with van der Waals surface area (Å²) >= 11 is 9.47. The van der Waals surface area contributed by atoms with Gasteiger partial charge < -0.3 is 10.1 Å². The topological polar surface area (TPSA) is 82.3 Å². The Bertz CT molecular complexity index is 1200. The van der Waals surface area contributed by atoms with E-state index < -0.39 is 11.6 Å². The lowest BCUT2D eigenvalue weighted by Gasteiger charge is -2.16. The standard InChI is InChI=1S/C20H19BrClN3O4/c1-3-24-19(27)13-7-5-6-8-16(13)25(20(24)28)11-17(26)23-15-10-12(22)9-14(21)18(15)29-4-2/h5-10H,3-4,11H2,1-2H3,(H,23,26). The highest BCUT2D eigenvalue weighted by Crippen LogP contribution is 2.36. The number of halogens is 2. The summed E-state index contributed by atoms with van der Waals surface area (Å²) in [5, 5.41) is 3.54. The molecule has 0 unspecified atom stereocenters. The predicted molar refractivity (Wildman–Crippen MR) is 117 cm³/mol. The molecule has 9 heteroatoms. The summed E-state index contributed by atoms with van der Waals surface area (Å²) in [5.41, 5.74) is -0.122. The molecule has 0 atom stereocenters. The van der Waals surface area contributed by atoms with Crippen LogP contribution in [-0.2, 0) is 17.9 Å². The number of hydrogen-bond donors (Lipinski definition) is 1. The third kappa shape index (κ3) is 4.23. The maximum absolute atomic E-state index is 12.8. The van der Waals surface area contributed by atoms with E-state index >= 15 is 0 Å². The molecule has 29 heavy (non-hydrogen) atoms. The van der Waals surface area contributed by atoms with Crippen molar-refractivity contribution in [2.45, 2.75) is 26.9 Å². The van der Waals surface area contributed by atoms with Gasteiger partial charge in [-0.1, -0.05) is 23.7 Å². The minimum absolute atomic E-state index is 0.208. The van der Waals surface area contributed by atoms with Crippen molar-refractivity contribution in [3.8, 4) is 5.75 Å². The van der Waals surface area contributed by atoms with E-state index in [-0.39, 0.29) is 18.6 Å². The zero-order valence-electron chi connectivity index (χ0n) is 15.9. The van der Waals surface area contributed by atoms with Crippen molar-refractivity contribution in [3.63, 3.8) is 0 Å². The smallest absolute Gasteiger partial charge is 0.331 e. The van der Waals surface area contributed by atoms with Crippen molar-refractivity contribution in [2.24, 2.45) is 0 Å². The summed E-state index contributed by atoms with van der Waals surface area (Å²) in [6, 6.07) is 9.95. The van der Waals surface area contributed by atoms with Crippen LogP contribution in [0.15, 0.2) is 50.5 Å². The number of carbonyl (C=O) groups excluding carboxylic acids is 1. The Balaban J connectivity index is 2.02. The average molecular weight is 481 g/mol. The Hall–Kier alpha value is -2.58. The van der Waals surface area contributed by atoms with Gasteiger partial charge in [0, 0.05) is 11.6 Å². The van der Waals surface area contributed by atoms with Crippen LogP contribution in [0.5, 0.6) is 5.75 Å². The number of amides is 1. The van der Waals surface area contributed by atoms with Crippen LogP contribution in [0.2, 0.25) is 5.02 Å². The highest BCUT2D eigenvalue weighted by atomic mass is 79.9. The molecule has 1 heterocycles. The van der Waals surface area contributed by atoms with E-state index in [1.165, 1.54) is 4.57 Å². The number of rotatable bonds is 6. The SMILES string of the molecule is CCOc1c(Br)cc(Cl)cc1NC(=O)Cn1c(=O)n(CC)c(=O)c2ccccc21. The number of hydrogen-bond acceptors (Lipinski definition) is 4. The molecule has 0 fully saturated rings. The molecule has 0 bridgehead atoms. The second kappa shape index (κ2) is 8.84. The first-order valence-corrected chi connectivity index (χ1v) is 10.2. The molecule has 0 spiro atoms. The van der Waals surface area contributed by atoms with Crippen molar-refractivity contribution in [1.82, 2.24) is 9.13 Å². The number of anilines is 1. The first-order valence-electron chi connectivity index (χ1n) is 9.01. The van der Waals surface area contributed by atoms with Gasteiger partial charge >= 0.3 is 5.69 Å². The van der Waals surface area contributed by atoms with Gasteiger partial charge in [0.15, 0.2) is 5.75 Å². The molecule has 0 radical (unpaired) electrons. The molecule has 3 aromatic rings. The van der Waals surface area contributed by atoms with Gasteiger partial charge in [-0.2, -0.15) is 0 Å². The molecule has 0 saturated carbocycles. The third-order valence-corrected chi connectivity index (χ3v) is 5.13. The second-order valence-electron chi connectivity index (χ2n) is 6.18. The van der Waals surface area contributed by atoms with Gasteiger partial charge in [0.2, 0.25) is 5.91 Å². The van der Waals surface area contributed by atoms with Gasteiger partial charge in [0.1, 0.15) is 6.54 Å². The quantitative estimate of drug-likeness (QED) is 0.584. The van der Waals surface area contributed by atoms with E-state index in [1.54, 1.807) is 43.3 Å². The van der Waals surface area contributed by atoms with Crippen LogP contribution in [0, 0.1) is 0 Å². The van der Waals surface area contributed by atoms with Gasteiger partial charge in [-0.25, -0.2) is 4.79 Å². The summed E-state index contributed by atoms with van der Waals surface area (Å²) in [6.07, 6.45) is 0. The Morgan fingerprint density at radius 3 is 2.59 bits per heavy atom. The normalized spacial score (nSPS) is 10.9. The van der Waals surface area contributed by atoms with E-state index in [0.717, 1.165) is 4.57 Å². The minimum Gasteiger partial charge on any atom is -0.491 e. The fraction of sp³-hybridized carbons (Fsp3) is 0.250. The highest BCUT2D eigenvalue weighted by molar-refractivity contribution is 9.10. The zero-order chi connectivity index (χ0) is 21.1. The van der Waals surface area contributed by atoms with E-state index in [0.29, 0.717) is 38.4 Å². The third-order valence-electron chi connectivity index (χ3n) is 4.32. The summed E-state index contributed by atoms with van der Waals surface area (Å²) in [6.45, 7) is 3.87. The van der Waals surface area contributed by atoms with Crippen molar-refractivity contribution in [3.05, 3.63) is 66.7 Å². The molecule has 1 aromatic heterocycles. The van der Waals surface area contributed by atoms with Crippen LogP contribution in [0.3, 0.4) is 0 Å². The van der Waals surface area contributed by atoms with Gasteiger partial charge in [-0.15, -0.1) is 0 Å². The van der Waals surface area contributed by atoms with Crippen LogP contribution in [0.1, 0.15) is 13.8 Å². The Morgan fingerprint density at radius 2 is 1.90 bits per heavy atom. The molecule has 0 saturated heterocycles. The number of aromatic nitrogens is 2. The van der Waals surface area contributed by atoms with Crippen LogP contribution >= 0.6 is 27.5 Å². The van der Waals surface area contributed by atoms with Crippen LogP contribution < -0.4 is 21.3 Å². The van der Waals surface area contributed by atoms with E-state index in [4.69, 9.17) is 16.3 Å². The minimum atomic E-state index is -0.538. The average Bonchev–Trinajstić information content (AvgIpc) is 2.68. The number of ether oxygens (including phenoxy) is 1. The zero-order valence-corrected chi connectivity index (χ0v) is 18.2. The summed E-state index contributed by atoms with van der Waals surface area (Å²) in [5.74, 6) is -0.00495. The molecular formula is C20H19BrClN3O4. The van der Waals surface area contributed by atoms with E-state index in [9.17, 15) is 14.4 Å². The Kier molecular flexibility index (Phi) is 6.44. The van der Waals surface area contributed by atoms with Gasteiger partial charge in [-0.05, 0) is 54.0 Å². The molecule has 2 aromatic carbocycles. The molecular weight excluding hydrogens is 462 g/mol. The Morgan fingerprint density at radius 1 is 1.17 bits per heavy atom. The van der Waals surface area contributed by atoms with Crippen LogP contribution in [0.4, 0.5) is 5.69 Å². The lowest BCUT2D eigenvalue weighted by atomic mass is 10.2. The van der Waals surface area contributed by atoms with Crippen molar-refractivity contribution < 1.29 is 9.53 Å².